The van der Waals surface area contributed by atoms with Gasteiger partial charge >= 0.3 is 6.09 Å². The number of amides is 2. The summed E-state index contributed by atoms with van der Waals surface area (Å²) < 4.78 is 10.2. The van der Waals surface area contributed by atoms with Gasteiger partial charge in [-0.2, -0.15) is 4.98 Å². The molecule has 1 aromatic carbocycles. The number of hydrogen-bond acceptors (Lipinski definition) is 6. The Morgan fingerprint density at radius 1 is 1.21 bits per heavy atom. The van der Waals surface area contributed by atoms with Crippen molar-refractivity contribution in [1.29, 1.82) is 0 Å². The van der Waals surface area contributed by atoms with Gasteiger partial charge in [0.25, 0.3) is 0 Å². The normalized spacial score (nSPS) is 10.2. The molecular weight excluding hydrogens is 316 g/mol. The standard InChI is InChI=1S/C15H18N4O5/c1-23-11-4-2-10(3-5-11)14-18-13(24-19-14)7-6-12(20)16-8-9-17-15(21)22/h2-5,17H,6-9H2,1H3,(H,16,20)(H,21,22). The quantitative estimate of drug-likeness (QED) is 0.616. The van der Waals surface area contributed by atoms with E-state index in [2.05, 4.69) is 20.8 Å². The van der Waals surface area contributed by atoms with Gasteiger partial charge in [0, 0.05) is 31.5 Å². The van der Waals surface area contributed by atoms with Crippen LogP contribution in [0.2, 0.25) is 0 Å². The molecule has 24 heavy (non-hydrogen) atoms. The minimum absolute atomic E-state index is 0.156. The van der Waals surface area contributed by atoms with E-state index in [1.54, 1.807) is 19.2 Å². The predicted molar refractivity (Wildman–Crippen MR) is 83.6 cm³/mol. The number of methoxy groups -OCH3 is 1. The Morgan fingerprint density at radius 3 is 2.58 bits per heavy atom. The van der Waals surface area contributed by atoms with Crippen molar-refractivity contribution < 1.29 is 24.0 Å². The molecule has 1 aromatic heterocycles. The first-order valence-electron chi connectivity index (χ1n) is 7.29. The van der Waals surface area contributed by atoms with Crippen LogP contribution in [0.4, 0.5) is 4.79 Å². The van der Waals surface area contributed by atoms with E-state index in [1.165, 1.54) is 0 Å². The maximum atomic E-state index is 11.6. The number of nitrogens with zero attached hydrogens (tertiary/aromatic N) is 2. The van der Waals surface area contributed by atoms with Gasteiger partial charge < -0.3 is 25.0 Å². The molecule has 0 saturated heterocycles. The van der Waals surface area contributed by atoms with E-state index in [0.29, 0.717) is 18.1 Å². The Kier molecular flexibility index (Phi) is 6.12. The molecule has 0 spiro atoms. The fourth-order valence-electron chi connectivity index (χ4n) is 1.89. The molecule has 2 rings (SSSR count). The van der Waals surface area contributed by atoms with Gasteiger partial charge in [-0.3, -0.25) is 4.79 Å². The molecule has 2 amide bonds. The zero-order valence-electron chi connectivity index (χ0n) is 13.1. The van der Waals surface area contributed by atoms with E-state index in [1.807, 2.05) is 12.1 Å². The number of carbonyl (C=O) groups is 2. The van der Waals surface area contributed by atoms with Crippen LogP contribution < -0.4 is 15.4 Å². The molecule has 0 atom stereocenters. The Morgan fingerprint density at radius 2 is 1.92 bits per heavy atom. The number of nitrogens with one attached hydrogen (secondary N) is 2. The monoisotopic (exact) mass is 334 g/mol. The number of benzene rings is 1. The van der Waals surface area contributed by atoms with Crippen LogP contribution in [0.25, 0.3) is 11.4 Å². The van der Waals surface area contributed by atoms with E-state index >= 15 is 0 Å². The molecule has 3 N–H and O–H groups in total. The topological polar surface area (TPSA) is 127 Å². The lowest BCUT2D eigenvalue weighted by Gasteiger charge is -2.03. The molecule has 9 nitrogen and oxygen atoms in total. The lowest BCUT2D eigenvalue weighted by molar-refractivity contribution is -0.121. The third-order valence-corrected chi connectivity index (χ3v) is 3.11. The van der Waals surface area contributed by atoms with E-state index < -0.39 is 6.09 Å². The Bertz CT molecular complexity index is 683. The molecule has 0 aliphatic rings. The molecular formula is C15H18N4O5. The minimum Gasteiger partial charge on any atom is -0.497 e. The number of aromatic nitrogens is 2. The molecule has 0 unspecified atom stereocenters. The molecule has 0 aliphatic carbocycles. The van der Waals surface area contributed by atoms with Gasteiger partial charge in [0.2, 0.25) is 17.6 Å². The summed E-state index contributed by atoms with van der Waals surface area (Å²) >= 11 is 0. The largest absolute Gasteiger partial charge is 0.497 e. The van der Waals surface area contributed by atoms with Crippen molar-refractivity contribution >= 4 is 12.0 Å². The first kappa shape index (κ1) is 17.3. The molecule has 0 fully saturated rings. The summed E-state index contributed by atoms with van der Waals surface area (Å²) in [6.45, 7) is 0.384. The Labute approximate surface area is 138 Å². The highest BCUT2D eigenvalue weighted by Crippen LogP contribution is 2.19. The summed E-state index contributed by atoms with van der Waals surface area (Å²) in [5.74, 6) is 1.32. The number of carbonyl (C=O) groups excluding carboxylic acids is 1. The SMILES string of the molecule is COc1ccc(-c2noc(CCC(=O)NCCNC(=O)O)n2)cc1. The average molecular weight is 334 g/mol. The predicted octanol–water partition coefficient (Wildman–Crippen LogP) is 1.06. The highest BCUT2D eigenvalue weighted by molar-refractivity contribution is 5.76. The number of aryl methyl sites for hydroxylation is 1. The third-order valence-electron chi connectivity index (χ3n) is 3.11. The summed E-state index contributed by atoms with van der Waals surface area (Å²) in [7, 11) is 1.59. The molecule has 1 heterocycles. The summed E-state index contributed by atoms with van der Waals surface area (Å²) in [6, 6.07) is 7.22. The van der Waals surface area contributed by atoms with E-state index in [9.17, 15) is 9.59 Å². The van der Waals surface area contributed by atoms with E-state index in [-0.39, 0.29) is 25.4 Å². The number of rotatable bonds is 8. The van der Waals surface area contributed by atoms with Crippen LogP contribution in [0.5, 0.6) is 5.75 Å². The maximum absolute atomic E-state index is 11.6. The van der Waals surface area contributed by atoms with Crippen LogP contribution >= 0.6 is 0 Å². The summed E-state index contributed by atoms with van der Waals surface area (Å²) in [4.78, 5) is 26.1. The van der Waals surface area contributed by atoms with Crippen LogP contribution in [0.3, 0.4) is 0 Å². The molecule has 0 aliphatic heterocycles. The molecule has 9 heteroatoms. The zero-order chi connectivity index (χ0) is 17.4. The second kappa shape index (κ2) is 8.51. The summed E-state index contributed by atoms with van der Waals surface area (Å²) in [6.07, 6.45) is -0.639. The highest BCUT2D eigenvalue weighted by Gasteiger charge is 2.10. The highest BCUT2D eigenvalue weighted by atomic mass is 16.5. The van der Waals surface area contributed by atoms with Gasteiger partial charge in [0.05, 0.1) is 7.11 Å². The first-order chi connectivity index (χ1) is 11.6. The van der Waals surface area contributed by atoms with Gasteiger partial charge in [-0.25, -0.2) is 4.79 Å². The maximum Gasteiger partial charge on any atom is 0.404 e. The molecule has 0 radical (unpaired) electrons. The van der Waals surface area contributed by atoms with Crippen molar-refractivity contribution in [2.45, 2.75) is 12.8 Å². The van der Waals surface area contributed by atoms with Gasteiger partial charge in [-0.05, 0) is 24.3 Å². The summed E-state index contributed by atoms with van der Waals surface area (Å²) in [5.41, 5.74) is 0.787. The molecule has 0 bridgehead atoms. The Balaban J connectivity index is 1.78. The minimum atomic E-state index is -1.12. The van der Waals surface area contributed by atoms with Gasteiger partial charge in [0.1, 0.15) is 5.75 Å². The second-order valence-electron chi connectivity index (χ2n) is 4.82. The van der Waals surface area contributed by atoms with Crippen LogP contribution in [0, 0.1) is 0 Å². The number of carboxylic acid groups (broad SMARTS) is 1. The molecule has 128 valence electrons. The first-order valence-corrected chi connectivity index (χ1v) is 7.29. The van der Waals surface area contributed by atoms with Crippen molar-refractivity contribution in [2.24, 2.45) is 0 Å². The lowest BCUT2D eigenvalue weighted by atomic mass is 10.2. The van der Waals surface area contributed by atoms with Gasteiger partial charge in [-0.15, -0.1) is 0 Å². The smallest absolute Gasteiger partial charge is 0.404 e. The van der Waals surface area contributed by atoms with Crippen molar-refractivity contribution in [2.75, 3.05) is 20.2 Å². The van der Waals surface area contributed by atoms with Gasteiger partial charge in [0.15, 0.2) is 0 Å². The zero-order valence-corrected chi connectivity index (χ0v) is 13.1. The van der Waals surface area contributed by atoms with Crippen LogP contribution in [-0.4, -0.2) is 47.4 Å². The lowest BCUT2D eigenvalue weighted by Crippen LogP contribution is -2.34. The fraction of sp³-hybridized carbons (Fsp3) is 0.333. The van der Waals surface area contributed by atoms with Crippen molar-refractivity contribution in [3.63, 3.8) is 0 Å². The average Bonchev–Trinajstić information content (AvgIpc) is 3.06. The van der Waals surface area contributed by atoms with Crippen LogP contribution in [0.15, 0.2) is 28.8 Å². The van der Waals surface area contributed by atoms with Gasteiger partial charge in [-0.1, -0.05) is 5.16 Å². The van der Waals surface area contributed by atoms with Crippen molar-refractivity contribution in [3.8, 4) is 17.1 Å². The number of ether oxygens (including phenoxy) is 1. The van der Waals surface area contributed by atoms with Crippen molar-refractivity contribution in [3.05, 3.63) is 30.2 Å². The molecule has 2 aromatic rings. The Hall–Kier alpha value is -3.10. The third kappa shape index (κ3) is 5.27. The molecule has 0 saturated carbocycles. The van der Waals surface area contributed by atoms with Crippen LogP contribution in [0.1, 0.15) is 12.3 Å². The summed E-state index contributed by atoms with van der Waals surface area (Å²) in [5, 5.41) is 17.0. The van der Waals surface area contributed by atoms with E-state index in [0.717, 1.165) is 11.3 Å². The second-order valence-corrected chi connectivity index (χ2v) is 4.82. The van der Waals surface area contributed by atoms with E-state index in [4.69, 9.17) is 14.4 Å². The number of hydrogen-bond donors (Lipinski definition) is 3. The fourth-order valence-corrected chi connectivity index (χ4v) is 1.89. The van der Waals surface area contributed by atoms with Crippen LogP contribution in [-0.2, 0) is 11.2 Å². The van der Waals surface area contributed by atoms with Crippen molar-refractivity contribution in [1.82, 2.24) is 20.8 Å².